The fourth-order valence-electron chi connectivity index (χ4n) is 6.47. The summed E-state index contributed by atoms with van der Waals surface area (Å²) in [5, 5.41) is 0. The molecule has 0 aromatic rings. The Hall–Kier alpha value is -1.58. The molecule has 4 aliphatic rings. The van der Waals surface area contributed by atoms with E-state index in [0.29, 0.717) is 5.41 Å². The van der Waals surface area contributed by atoms with Gasteiger partial charge in [0, 0.05) is 30.6 Å². The highest BCUT2D eigenvalue weighted by Crippen LogP contribution is 2.50. The lowest BCUT2D eigenvalue weighted by molar-refractivity contribution is -0.142. The van der Waals surface area contributed by atoms with Gasteiger partial charge in [-0.15, -0.1) is 0 Å². The third kappa shape index (κ3) is 6.11. The van der Waals surface area contributed by atoms with Crippen molar-refractivity contribution < 1.29 is 9.59 Å². The van der Waals surface area contributed by atoms with E-state index in [4.69, 9.17) is 0 Å². The maximum atomic E-state index is 11.9. The van der Waals surface area contributed by atoms with Gasteiger partial charge in [0.1, 0.15) is 0 Å². The lowest BCUT2D eigenvalue weighted by Crippen LogP contribution is -2.60. The van der Waals surface area contributed by atoms with Gasteiger partial charge in [-0.25, -0.2) is 0 Å². The first kappa shape index (κ1) is 27.7. The van der Waals surface area contributed by atoms with Crippen LogP contribution in [0.2, 0.25) is 0 Å². The minimum atomic E-state index is 0.105. The van der Waals surface area contributed by atoms with Crippen LogP contribution in [0.5, 0.6) is 0 Å². The van der Waals surface area contributed by atoms with Gasteiger partial charge in [-0.05, 0) is 87.2 Å². The van der Waals surface area contributed by atoms with Crippen molar-refractivity contribution in [2.45, 2.75) is 98.4 Å². The Morgan fingerprint density at radius 2 is 1.39 bits per heavy atom. The molecule has 2 saturated carbocycles. The highest BCUT2D eigenvalue weighted by atomic mass is 16.2. The molecule has 0 radical (unpaired) electrons. The van der Waals surface area contributed by atoms with Gasteiger partial charge in [0.15, 0.2) is 0 Å². The Bertz CT molecular complexity index is 686. The predicted molar refractivity (Wildman–Crippen MR) is 139 cm³/mol. The molecule has 2 unspecified atom stereocenters. The molecule has 0 N–H and O–H groups in total. The molecular weight excluding hydrogens is 408 g/mol. The van der Waals surface area contributed by atoms with E-state index < -0.39 is 0 Å². The zero-order valence-electron chi connectivity index (χ0n) is 22.4. The molecule has 4 nitrogen and oxygen atoms in total. The van der Waals surface area contributed by atoms with Crippen molar-refractivity contribution >= 4 is 11.8 Å². The number of piperidine rings is 1. The van der Waals surface area contributed by atoms with E-state index in [1.807, 2.05) is 18.7 Å². The molecule has 2 aliphatic carbocycles. The SMILES string of the molecule is C=CC(=O)N1CC2(CCC(C(C)C)C2)C1.C=CC(=O)N1CCC(C(C)C)CC12CCC2.CC. The number of hydrogen-bond donors (Lipinski definition) is 0. The van der Waals surface area contributed by atoms with Gasteiger partial charge in [0.05, 0.1) is 0 Å². The monoisotopic (exact) mass is 458 g/mol. The molecule has 4 fully saturated rings. The van der Waals surface area contributed by atoms with Crippen LogP contribution in [0.15, 0.2) is 25.3 Å². The number of nitrogens with zero attached hydrogens (tertiary/aromatic N) is 2. The van der Waals surface area contributed by atoms with Crippen LogP contribution in [-0.4, -0.2) is 46.8 Å². The highest BCUT2D eigenvalue weighted by Gasteiger charge is 2.50. The molecular formula is C29H50N2O2. The molecule has 2 saturated heterocycles. The molecule has 2 amide bonds. The summed E-state index contributed by atoms with van der Waals surface area (Å²) in [6.07, 6.45) is 13.0. The maximum absolute atomic E-state index is 11.9. The van der Waals surface area contributed by atoms with Gasteiger partial charge >= 0.3 is 0 Å². The first-order valence-electron chi connectivity index (χ1n) is 13.5. The topological polar surface area (TPSA) is 40.6 Å². The molecule has 2 heterocycles. The van der Waals surface area contributed by atoms with Crippen molar-refractivity contribution in [2.24, 2.45) is 29.1 Å². The number of carbonyl (C=O) groups excluding carboxylic acids is 2. The van der Waals surface area contributed by atoms with Crippen LogP contribution in [0.25, 0.3) is 0 Å². The van der Waals surface area contributed by atoms with E-state index in [2.05, 4.69) is 45.8 Å². The number of rotatable bonds is 4. The molecule has 0 bridgehead atoms. The van der Waals surface area contributed by atoms with Crippen LogP contribution in [0.1, 0.15) is 92.9 Å². The van der Waals surface area contributed by atoms with E-state index >= 15 is 0 Å². The molecule has 188 valence electrons. The Morgan fingerprint density at radius 1 is 0.848 bits per heavy atom. The van der Waals surface area contributed by atoms with Crippen molar-refractivity contribution in [1.29, 1.82) is 0 Å². The molecule has 4 heteroatoms. The van der Waals surface area contributed by atoms with Crippen LogP contribution in [0.3, 0.4) is 0 Å². The van der Waals surface area contributed by atoms with E-state index in [-0.39, 0.29) is 17.4 Å². The standard InChI is InChI=1S/C14H23NO.C13H21NO.C2H6/c1-4-13(16)15-9-6-12(11(2)3)10-14(15)7-5-8-14;1-4-12(15)14-8-13(9-14)6-5-11(7-13)10(2)3;1-2/h4,11-12H,1,5-10H2,2-3H3;4,10-11H,1,5-9H2,2-3H3;1-2H3. The second kappa shape index (κ2) is 11.7. The van der Waals surface area contributed by atoms with Gasteiger partial charge in [-0.3, -0.25) is 9.59 Å². The van der Waals surface area contributed by atoms with E-state index in [1.54, 1.807) is 0 Å². The summed E-state index contributed by atoms with van der Waals surface area (Å²) in [7, 11) is 0. The van der Waals surface area contributed by atoms with Gasteiger partial charge in [-0.2, -0.15) is 0 Å². The zero-order chi connectivity index (χ0) is 24.8. The summed E-state index contributed by atoms with van der Waals surface area (Å²) in [6.45, 7) is 23.3. The summed E-state index contributed by atoms with van der Waals surface area (Å²) < 4.78 is 0. The Morgan fingerprint density at radius 3 is 1.82 bits per heavy atom. The minimum absolute atomic E-state index is 0.105. The average molecular weight is 459 g/mol. The zero-order valence-corrected chi connectivity index (χ0v) is 22.4. The van der Waals surface area contributed by atoms with Gasteiger partial charge in [0.25, 0.3) is 0 Å². The molecule has 33 heavy (non-hydrogen) atoms. The maximum Gasteiger partial charge on any atom is 0.246 e. The Labute approximate surface area is 203 Å². The fraction of sp³-hybridized carbons (Fsp3) is 0.793. The molecule has 0 aromatic heterocycles. The quantitative estimate of drug-likeness (QED) is 0.453. The van der Waals surface area contributed by atoms with Crippen LogP contribution in [-0.2, 0) is 9.59 Å². The largest absolute Gasteiger partial charge is 0.338 e. The highest BCUT2D eigenvalue weighted by molar-refractivity contribution is 5.88. The van der Waals surface area contributed by atoms with Crippen molar-refractivity contribution in [1.82, 2.24) is 9.80 Å². The van der Waals surface area contributed by atoms with Gasteiger partial charge in [0.2, 0.25) is 11.8 Å². The molecule has 2 spiro atoms. The summed E-state index contributed by atoms with van der Waals surface area (Å²) in [5.41, 5.74) is 0.687. The van der Waals surface area contributed by atoms with Crippen molar-refractivity contribution in [3.63, 3.8) is 0 Å². The van der Waals surface area contributed by atoms with Crippen LogP contribution >= 0.6 is 0 Å². The normalized spacial score (nSPS) is 26.5. The summed E-state index contributed by atoms with van der Waals surface area (Å²) in [4.78, 5) is 27.2. The van der Waals surface area contributed by atoms with Crippen molar-refractivity contribution in [2.75, 3.05) is 19.6 Å². The Balaban J connectivity index is 0.000000218. The van der Waals surface area contributed by atoms with Gasteiger partial charge < -0.3 is 9.80 Å². The number of likely N-dealkylation sites (tertiary alicyclic amines) is 2. The number of carbonyl (C=O) groups is 2. The first-order chi connectivity index (χ1) is 15.6. The average Bonchev–Trinajstić information content (AvgIpc) is 3.23. The smallest absolute Gasteiger partial charge is 0.246 e. The molecule has 4 rings (SSSR count). The van der Waals surface area contributed by atoms with Crippen molar-refractivity contribution in [3.8, 4) is 0 Å². The molecule has 2 aliphatic heterocycles. The summed E-state index contributed by atoms with van der Waals surface area (Å²) >= 11 is 0. The summed E-state index contributed by atoms with van der Waals surface area (Å²) in [6, 6.07) is 0. The van der Waals surface area contributed by atoms with Crippen molar-refractivity contribution in [3.05, 3.63) is 25.3 Å². The van der Waals surface area contributed by atoms with E-state index in [0.717, 1.165) is 43.3 Å². The van der Waals surface area contributed by atoms with Gasteiger partial charge in [-0.1, -0.05) is 54.7 Å². The second-order valence-corrected chi connectivity index (χ2v) is 11.4. The third-order valence-electron chi connectivity index (χ3n) is 8.83. The first-order valence-corrected chi connectivity index (χ1v) is 13.5. The molecule has 2 atom stereocenters. The fourth-order valence-corrected chi connectivity index (χ4v) is 6.47. The number of hydrogen-bond acceptors (Lipinski definition) is 2. The lowest BCUT2D eigenvalue weighted by Gasteiger charge is -2.55. The van der Waals surface area contributed by atoms with E-state index in [9.17, 15) is 9.59 Å². The number of amides is 2. The van der Waals surface area contributed by atoms with Crippen LogP contribution in [0.4, 0.5) is 0 Å². The van der Waals surface area contributed by atoms with Crippen LogP contribution < -0.4 is 0 Å². The second-order valence-electron chi connectivity index (χ2n) is 11.4. The third-order valence-corrected chi connectivity index (χ3v) is 8.83. The summed E-state index contributed by atoms with van der Waals surface area (Å²) in [5.74, 6) is 3.47. The lowest BCUT2D eigenvalue weighted by atomic mass is 9.65. The molecule has 0 aromatic carbocycles. The Kier molecular flexibility index (Phi) is 9.82. The van der Waals surface area contributed by atoms with Crippen LogP contribution in [0, 0.1) is 29.1 Å². The van der Waals surface area contributed by atoms with E-state index in [1.165, 1.54) is 63.5 Å². The predicted octanol–water partition coefficient (Wildman–Crippen LogP) is 6.47. The minimum Gasteiger partial charge on any atom is -0.338 e.